The normalized spacial score (nSPS) is 14.2. The molecule has 0 atom stereocenters. The summed E-state index contributed by atoms with van der Waals surface area (Å²) in [6.45, 7) is 0. The van der Waals surface area contributed by atoms with Crippen molar-refractivity contribution in [2.75, 3.05) is 12.4 Å². The number of benzene rings is 1. The minimum Gasteiger partial charge on any atom is -0.439 e. The van der Waals surface area contributed by atoms with Crippen LogP contribution in [0.15, 0.2) is 28.7 Å². The van der Waals surface area contributed by atoms with Crippen LogP contribution in [0.2, 0.25) is 0 Å². The number of rotatable bonds is 4. The van der Waals surface area contributed by atoms with Crippen molar-refractivity contribution in [3.8, 4) is 11.6 Å². The number of anilines is 1. The number of aromatic nitrogens is 2. The summed E-state index contributed by atoms with van der Waals surface area (Å²) in [6, 6.07) is 6.22. The summed E-state index contributed by atoms with van der Waals surface area (Å²) in [5, 5.41) is 3.00. The number of ether oxygens (including phenoxy) is 1. The van der Waals surface area contributed by atoms with E-state index in [1.807, 2.05) is 0 Å². The van der Waals surface area contributed by atoms with Gasteiger partial charge in [-0.1, -0.05) is 0 Å². The average Bonchev–Trinajstić information content (AvgIpc) is 3.27. The van der Waals surface area contributed by atoms with Gasteiger partial charge in [-0.05, 0) is 47.0 Å². The molecule has 20 heavy (non-hydrogen) atoms. The largest absolute Gasteiger partial charge is 0.439 e. The van der Waals surface area contributed by atoms with Crippen molar-refractivity contribution in [1.29, 1.82) is 0 Å². The van der Waals surface area contributed by atoms with Crippen molar-refractivity contribution >= 4 is 21.7 Å². The van der Waals surface area contributed by atoms with Gasteiger partial charge in [0.05, 0.1) is 4.47 Å². The lowest BCUT2D eigenvalue weighted by Crippen LogP contribution is -2.01. The molecular formula is C14H13BrFN3O. The number of hydrogen-bond acceptors (Lipinski definition) is 4. The van der Waals surface area contributed by atoms with Gasteiger partial charge in [0, 0.05) is 19.0 Å². The maximum Gasteiger partial charge on any atom is 0.224 e. The molecule has 104 valence electrons. The molecule has 6 heteroatoms. The topological polar surface area (TPSA) is 47.0 Å². The first-order valence-electron chi connectivity index (χ1n) is 6.35. The first kappa shape index (κ1) is 13.3. The fourth-order valence-corrected chi connectivity index (χ4v) is 2.17. The van der Waals surface area contributed by atoms with Gasteiger partial charge in [0.15, 0.2) is 0 Å². The molecule has 1 aliphatic carbocycles. The maximum absolute atomic E-state index is 13.2. The van der Waals surface area contributed by atoms with E-state index in [1.54, 1.807) is 25.2 Å². The van der Waals surface area contributed by atoms with Crippen LogP contribution in [0.25, 0.3) is 0 Å². The number of nitrogens with one attached hydrogen (secondary N) is 1. The van der Waals surface area contributed by atoms with E-state index in [0.29, 0.717) is 22.0 Å². The molecular weight excluding hydrogens is 325 g/mol. The number of nitrogens with zero attached hydrogens (tertiary/aromatic N) is 2. The zero-order valence-electron chi connectivity index (χ0n) is 10.9. The van der Waals surface area contributed by atoms with Gasteiger partial charge in [0.1, 0.15) is 23.2 Å². The van der Waals surface area contributed by atoms with Crippen LogP contribution < -0.4 is 10.1 Å². The van der Waals surface area contributed by atoms with Crippen molar-refractivity contribution in [2.45, 2.75) is 18.8 Å². The molecule has 1 aromatic heterocycles. The summed E-state index contributed by atoms with van der Waals surface area (Å²) in [6.07, 6.45) is 2.24. The van der Waals surface area contributed by atoms with E-state index in [1.165, 1.54) is 6.07 Å². The summed E-state index contributed by atoms with van der Waals surface area (Å²) in [5.74, 6) is 2.62. The second-order valence-corrected chi connectivity index (χ2v) is 5.51. The second kappa shape index (κ2) is 5.36. The van der Waals surface area contributed by atoms with Crippen LogP contribution in [-0.2, 0) is 0 Å². The highest BCUT2D eigenvalue weighted by atomic mass is 79.9. The standard InChI is InChI=1S/C14H13BrFN3O/c1-17-12-7-13(19-14(18-12)8-2-3-8)20-9-4-5-11(16)10(15)6-9/h4-8H,2-3H2,1H3,(H,17,18,19). The van der Waals surface area contributed by atoms with Gasteiger partial charge in [0.25, 0.3) is 0 Å². The lowest BCUT2D eigenvalue weighted by Gasteiger charge is -2.09. The molecule has 0 radical (unpaired) electrons. The van der Waals surface area contributed by atoms with E-state index in [-0.39, 0.29) is 5.82 Å². The third kappa shape index (κ3) is 2.90. The minimum absolute atomic E-state index is 0.324. The SMILES string of the molecule is CNc1cc(Oc2ccc(F)c(Br)c2)nc(C2CC2)n1. The van der Waals surface area contributed by atoms with E-state index in [0.717, 1.165) is 24.5 Å². The molecule has 3 rings (SSSR count). The highest BCUT2D eigenvalue weighted by molar-refractivity contribution is 9.10. The summed E-state index contributed by atoms with van der Waals surface area (Å²) in [7, 11) is 1.80. The van der Waals surface area contributed by atoms with Crippen molar-refractivity contribution in [1.82, 2.24) is 9.97 Å². The minimum atomic E-state index is -0.324. The van der Waals surface area contributed by atoms with Crippen LogP contribution in [0.1, 0.15) is 24.6 Å². The van der Waals surface area contributed by atoms with E-state index < -0.39 is 0 Å². The van der Waals surface area contributed by atoms with Crippen LogP contribution in [0.5, 0.6) is 11.6 Å². The first-order valence-corrected chi connectivity index (χ1v) is 7.14. The fraction of sp³-hybridized carbons (Fsp3) is 0.286. The quantitative estimate of drug-likeness (QED) is 0.912. The van der Waals surface area contributed by atoms with Crippen molar-refractivity contribution < 1.29 is 9.13 Å². The Morgan fingerprint density at radius 2 is 2.10 bits per heavy atom. The molecule has 4 nitrogen and oxygen atoms in total. The Bertz CT molecular complexity index is 646. The average molecular weight is 338 g/mol. The molecule has 1 N–H and O–H groups in total. The van der Waals surface area contributed by atoms with Crippen LogP contribution in [0, 0.1) is 5.82 Å². The maximum atomic E-state index is 13.2. The lowest BCUT2D eigenvalue weighted by atomic mass is 10.3. The van der Waals surface area contributed by atoms with Gasteiger partial charge in [-0.3, -0.25) is 0 Å². The number of hydrogen-bond donors (Lipinski definition) is 1. The molecule has 1 saturated carbocycles. The van der Waals surface area contributed by atoms with Crippen LogP contribution in [0.3, 0.4) is 0 Å². The Morgan fingerprint density at radius 3 is 2.75 bits per heavy atom. The Balaban J connectivity index is 1.88. The highest BCUT2D eigenvalue weighted by Crippen LogP contribution is 2.39. The molecule has 0 aliphatic heterocycles. The summed E-state index contributed by atoms with van der Waals surface area (Å²) in [5.41, 5.74) is 0. The third-order valence-electron chi connectivity index (χ3n) is 3.03. The highest BCUT2D eigenvalue weighted by Gasteiger charge is 2.27. The molecule has 0 spiro atoms. The predicted octanol–water partition coefficient (Wildman–Crippen LogP) is 4.09. The summed E-state index contributed by atoms with van der Waals surface area (Å²) in [4.78, 5) is 8.82. The van der Waals surface area contributed by atoms with E-state index in [4.69, 9.17) is 4.74 Å². The molecule has 0 saturated heterocycles. The van der Waals surface area contributed by atoms with Gasteiger partial charge in [-0.2, -0.15) is 4.98 Å². The molecule has 0 bridgehead atoms. The van der Waals surface area contributed by atoms with Gasteiger partial charge >= 0.3 is 0 Å². The molecule has 1 heterocycles. The van der Waals surface area contributed by atoms with Crippen molar-refractivity contribution in [3.63, 3.8) is 0 Å². The Hall–Kier alpha value is -1.69. The van der Waals surface area contributed by atoms with Crippen LogP contribution in [-0.4, -0.2) is 17.0 Å². The third-order valence-corrected chi connectivity index (χ3v) is 3.64. The van der Waals surface area contributed by atoms with Gasteiger partial charge in [-0.15, -0.1) is 0 Å². The van der Waals surface area contributed by atoms with Crippen LogP contribution >= 0.6 is 15.9 Å². The van der Waals surface area contributed by atoms with E-state index in [2.05, 4.69) is 31.2 Å². The molecule has 1 fully saturated rings. The molecule has 2 aromatic rings. The van der Waals surface area contributed by atoms with Gasteiger partial charge in [0.2, 0.25) is 5.88 Å². The molecule has 1 aromatic carbocycles. The van der Waals surface area contributed by atoms with Crippen LogP contribution in [0.4, 0.5) is 10.2 Å². The molecule has 1 aliphatic rings. The van der Waals surface area contributed by atoms with E-state index >= 15 is 0 Å². The second-order valence-electron chi connectivity index (χ2n) is 4.65. The van der Waals surface area contributed by atoms with E-state index in [9.17, 15) is 4.39 Å². The van der Waals surface area contributed by atoms with Crippen molar-refractivity contribution in [2.24, 2.45) is 0 Å². The Labute approximate surface area is 124 Å². The summed E-state index contributed by atoms with van der Waals surface area (Å²) >= 11 is 3.14. The zero-order valence-corrected chi connectivity index (χ0v) is 12.4. The lowest BCUT2D eigenvalue weighted by molar-refractivity contribution is 0.457. The fourth-order valence-electron chi connectivity index (χ4n) is 1.81. The first-order chi connectivity index (χ1) is 9.65. The van der Waals surface area contributed by atoms with Crippen molar-refractivity contribution in [3.05, 3.63) is 40.4 Å². The predicted molar refractivity (Wildman–Crippen MR) is 77.7 cm³/mol. The Morgan fingerprint density at radius 1 is 1.30 bits per heavy atom. The zero-order chi connectivity index (χ0) is 14.1. The number of halogens is 2. The van der Waals surface area contributed by atoms with Gasteiger partial charge in [-0.25, -0.2) is 9.37 Å². The van der Waals surface area contributed by atoms with Gasteiger partial charge < -0.3 is 10.1 Å². The molecule has 0 unspecified atom stereocenters. The molecule has 0 amide bonds. The Kier molecular flexibility index (Phi) is 3.56. The monoisotopic (exact) mass is 337 g/mol. The summed E-state index contributed by atoms with van der Waals surface area (Å²) < 4.78 is 19.2. The smallest absolute Gasteiger partial charge is 0.224 e.